The van der Waals surface area contributed by atoms with Crippen molar-refractivity contribution >= 4 is 23.8 Å². The van der Waals surface area contributed by atoms with Gasteiger partial charge in [-0.15, -0.1) is 0 Å². The Labute approximate surface area is 116 Å². The van der Waals surface area contributed by atoms with E-state index in [2.05, 4.69) is 9.97 Å². The summed E-state index contributed by atoms with van der Waals surface area (Å²) in [5, 5.41) is 7.08. The van der Waals surface area contributed by atoms with Gasteiger partial charge in [0, 0.05) is 0 Å². The van der Waals surface area contributed by atoms with E-state index in [1.165, 1.54) is 26.0 Å². The first-order valence-electron chi connectivity index (χ1n) is 5.69. The second-order valence-corrected chi connectivity index (χ2v) is 5.17. The minimum absolute atomic E-state index is 0.0693. The maximum Gasteiger partial charge on any atom is 0.220 e. The minimum atomic E-state index is -0.394. The average molecular weight is 283 g/mol. The standard InChI is InChI=1S/C12H17N3O3S/c1-7(2)11(8(16)6-13)19-12-14-9(17-3)5-10(15-12)18-4/h5-7,11,13H,1-4H3. The van der Waals surface area contributed by atoms with Crippen LogP contribution in [0.5, 0.6) is 11.8 Å². The zero-order valence-corrected chi connectivity index (χ0v) is 12.2. The molecule has 1 aromatic rings. The van der Waals surface area contributed by atoms with Gasteiger partial charge in [0.1, 0.15) is 0 Å². The summed E-state index contributed by atoms with van der Waals surface area (Å²) in [6.07, 6.45) is 0.828. The highest BCUT2D eigenvalue weighted by Gasteiger charge is 2.23. The van der Waals surface area contributed by atoms with Gasteiger partial charge in [0.2, 0.25) is 11.8 Å². The second kappa shape index (κ2) is 7.08. The van der Waals surface area contributed by atoms with E-state index in [-0.39, 0.29) is 11.7 Å². The van der Waals surface area contributed by atoms with E-state index in [4.69, 9.17) is 14.9 Å². The number of Topliss-reactive ketones (excluding diaryl/α,β-unsaturated/α-hetero) is 1. The van der Waals surface area contributed by atoms with E-state index in [1.807, 2.05) is 13.8 Å². The van der Waals surface area contributed by atoms with Crippen LogP contribution in [0, 0.1) is 11.3 Å². The van der Waals surface area contributed by atoms with Gasteiger partial charge in [-0.05, 0) is 5.92 Å². The van der Waals surface area contributed by atoms with Gasteiger partial charge in [0.05, 0.1) is 31.8 Å². The third-order valence-electron chi connectivity index (χ3n) is 2.34. The molecule has 0 saturated heterocycles. The number of ether oxygens (including phenoxy) is 2. The smallest absolute Gasteiger partial charge is 0.220 e. The molecule has 0 bridgehead atoms. The van der Waals surface area contributed by atoms with E-state index in [9.17, 15) is 4.79 Å². The molecule has 1 rings (SSSR count). The predicted molar refractivity (Wildman–Crippen MR) is 73.4 cm³/mol. The van der Waals surface area contributed by atoms with Crippen LogP contribution in [0.4, 0.5) is 0 Å². The highest BCUT2D eigenvalue weighted by Crippen LogP contribution is 2.28. The Balaban J connectivity index is 3.01. The van der Waals surface area contributed by atoms with Gasteiger partial charge in [-0.3, -0.25) is 4.79 Å². The van der Waals surface area contributed by atoms with Crippen LogP contribution in [-0.4, -0.2) is 41.4 Å². The van der Waals surface area contributed by atoms with Gasteiger partial charge >= 0.3 is 0 Å². The molecule has 0 aliphatic rings. The van der Waals surface area contributed by atoms with Gasteiger partial charge in [-0.2, -0.15) is 9.97 Å². The minimum Gasteiger partial charge on any atom is -0.481 e. The number of nitrogens with one attached hydrogen (secondary N) is 1. The number of carbonyl (C=O) groups excluding carboxylic acids is 1. The number of rotatable bonds is 7. The lowest BCUT2D eigenvalue weighted by molar-refractivity contribution is -0.112. The van der Waals surface area contributed by atoms with Crippen molar-refractivity contribution in [3.63, 3.8) is 0 Å². The summed E-state index contributed by atoms with van der Waals surface area (Å²) in [5.41, 5.74) is 0. The van der Waals surface area contributed by atoms with E-state index in [0.29, 0.717) is 16.9 Å². The van der Waals surface area contributed by atoms with Crippen molar-refractivity contribution in [2.45, 2.75) is 24.3 Å². The highest BCUT2D eigenvalue weighted by atomic mass is 32.2. The van der Waals surface area contributed by atoms with E-state index in [0.717, 1.165) is 6.21 Å². The zero-order chi connectivity index (χ0) is 14.4. The average Bonchev–Trinajstić information content (AvgIpc) is 2.43. The highest BCUT2D eigenvalue weighted by molar-refractivity contribution is 8.00. The van der Waals surface area contributed by atoms with Crippen LogP contribution in [0.15, 0.2) is 11.2 Å². The number of hydrogen-bond acceptors (Lipinski definition) is 7. The lowest BCUT2D eigenvalue weighted by atomic mass is 10.1. The fourth-order valence-corrected chi connectivity index (χ4v) is 2.33. The molecular weight excluding hydrogens is 266 g/mol. The van der Waals surface area contributed by atoms with Crippen molar-refractivity contribution in [3.8, 4) is 11.8 Å². The molecule has 0 aromatic carbocycles. The monoisotopic (exact) mass is 283 g/mol. The van der Waals surface area contributed by atoms with Crippen molar-refractivity contribution in [1.29, 1.82) is 5.41 Å². The molecule has 7 heteroatoms. The van der Waals surface area contributed by atoms with E-state index >= 15 is 0 Å². The Bertz CT molecular complexity index is 443. The summed E-state index contributed by atoms with van der Waals surface area (Å²) in [4.78, 5) is 20.0. The Morgan fingerprint density at radius 2 is 1.84 bits per heavy atom. The lowest BCUT2D eigenvalue weighted by Crippen LogP contribution is -2.24. The summed E-state index contributed by atoms with van der Waals surface area (Å²) in [6, 6.07) is 1.56. The number of hydrogen-bond donors (Lipinski definition) is 1. The first-order chi connectivity index (χ1) is 9.01. The van der Waals surface area contributed by atoms with Crippen LogP contribution in [0.2, 0.25) is 0 Å². The summed E-state index contributed by atoms with van der Waals surface area (Å²) in [5.74, 6) is 0.559. The number of nitrogens with zero attached hydrogens (tertiary/aromatic N) is 2. The van der Waals surface area contributed by atoms with E-state index in [1.54, 1.807) is 6.07 Å². The molecule has 1 unspecified atom stereocenters. The largest absolute Gasteiger partial charge is 0.481 e. The maximum atomic E-state index is 11.7. The molecule has 0 amide bonds. The van der Waals surface area contributed by atoms with Crippen LogP contribution in [0.25, 0.3) is 0 Å². The van der Waals surface area contributed by atoms with E-state index < -0.39 is 5.25 Å². The van der Waals surface area contributed by atoms with Crippen molar-refractivity contribution in [1.82, 2.24) is 9.97 Å². The number of thioether (sulfide) groups is 1. The lowest BCUT2D eigenvalue weighted by Gasteiger charge is -2.16. The van der Waals surface area contributed by atoms with Gasteiger partial charge in [-0.1, -0.05) is 25.6 Å². The van der Waals surface area contributed by atoms with Crippen LogP contribution in [0.1, 0.15) is 13.8 Å². The quantitative estimate of drug-likeness (QED) is 0.467. The SMILES string of the molecule is COc1cc(OC)nc(SC(C(=O)C=N)C(C)C)n1. The molecule has 6 nitrogen and oxygen atoms in total. The Morgan fingerprint density at radius 3 is 2.21 bits per heavy atom. The normalized spacial score (nSPS) is 12.1. The van der Waals surface area contributed by atoms with Crippen LogP contribution >= 0.6 is 11.8 Å². The maximum absolute atomic E-state index is 11.7. The molecule has 1 heterocycles. The molecule has 1 N–H and O–H groups in total. The van der Waals surface area contributed by atoms with Crippen molar-refractivity contribution in [2.24, 2.45) is 5.92 Å². The summed E-state index contributed by atoms with van der Waals surface area (Å²) in [6.45, 7) is 3.83. The van der Waals surface area contributed by atoms with Crippen molar-refractivity contribution < 1.29 is 14.3 Å². The Morgan fingerprint density at radius 1 is 1.32 bits per heavy atom. The molecule has 0 aliphatic carbocycles. The number of ketones is 1. The molecule has 0 radical (unpaired) electrons. The van der Waals surface area contributed by atoms with Crippen LogP contribution in [0.3, 0.4) is 0 Å². The Kier molecular flexibility index (Phi) is 5.75. The summed E-state index contributed by atoms with van der Waals surface area (Å²) < 4.78 is 10.1. The topological polar surface area (TPSA) is 85.2 Å². The molecular formula is C12H17N3O3S. The summed E-state index contributed by atoms with van der Waals surface area (Å²) >= 11 is 1.21. The molecule has 0 spiro atoms. The molecule has 1 atom stereocenters. The third kappa shape index (κ3) is 4.20. The molecule has 19 heavy (non-hydrogen) atoms. The number of methoxy groups -OCH3 is 2. The van der Waals surface area contributed by atoms with Crippen LogP contribution < -0.4 is 9.47 Å². The fraction of sp³-hybridized carbons (Fsp3) is 0.500. The molecule has 1 aromatic heterocycles. The number of carbonyl (C=O) groups is 1. The molecule has 0 fully saturated rings. The predicted octanol–water partition coefficient (Wildman–Crippen LogP) is 1.83. The summed E-state index contributed by atoms with van der Waals surface area (Å²) in [7, 11) is 3.00. The first kappa shape index (κ1) is 15.4. The number of aromatic nitrogens is 2. The zero-order valence-electron chi connectivity index (χ0n) is 11.3. The van der Waals surface area contributed by atoms with Gasteiger partial charge in [-0.25, -0.2) is 0 Å². The molecule has 0 saturated carbocycles. The first-order valence-corrected chi connectivity index (χ1v) is 6.57. The Hall–Kier alpha value is -1.63. The van der Waals surface area contributed by atoms with Crippen molar-refractivity contribution in [3.05, 3.63) is 6.07 Å². The second-order valence-electron chi connectivity index (χ2n) is 4.06. The van der Waals surface area contributed by atoms with Gasteiger partial charge in [0.15, 0.2) is 10.9 Å². The fourth-order valence-electron chi connectivity index (χ4n) is 1.36. The van der Waals surface area contributed by atoms with Crippen molar-refractivity contribution in [2.75, 3.05) is 14.2 Å². The molecule has 0 aliphatic heterocycles. The van der Waals surface area contributed by atoms with Gasteiger partial charge < -0.3 is 14.9 Å². The third-order valence-corrected chi connectivity index (χ3v) is 3.76. The van der Waals surface area contributed by atoms with Crippen LogP contribution in [-0.2, 0) is 4.79 Å². The molecule has 104 valence electrons. The van der Waals surface area contributed by atoms with Gasteiger partial charge in [0.25, 0.3) is 0 Å².